The van der Waals surface area contributed by atoms with Gasteiger partial charge in [-0.25, -0.2) is 12.7 Å². The number of aromatic nitrogens is 1. The van der Waals surface area contributed by atoms with Crippen molar-refractivity contribution in [2.75, 3.05) is 49.6 Å². The number of para-hydroxylation sites is 1. The summed E-state index contributed by atoms with van der Waals surface area (Å²) < 4.78 is 47.1. The van der Waals surface area contributed by atoms with Crippen molar-refractivity contribution in [2.24, 2.45) is 0 Å². The Morgan fingerprint density at radius 1 is 0.900 bits per heavy atom. The van der Waals surface area contributed by atoms with E-state index in [1.54, 1.807) is 47.6 Å². The maximum Gasteiger partial charge on any atom is 0.274 e. The number of carbonyl (C=O) groups is 2. The van der Waals surface area contributed by atoms with E-state index in [0.717, 1.165) is 16.5 Å². The Morgan fingerprint density at radius 3 is 2.38 bits per heavy atom. The zero-order valence-electron chi connectivity index (χ0n) is 28.3. The van der Waals surface area contributed by atoms with Crippen molar-refractivity contribution in [3.8, 4) is 17.2 Å². The number of fused-ring (bicyclic) bond motifs is 1. The van der Waals surface area contributed by atoms with Crippen LogP contribution >= 0.6 is 11.6 Å². The normalized spacial score (nSPS) is 17.8. The Balaban J connectivity index is 1.49. The van der Waals surface area contributed by atoms with Gasteiger partial charge in [-0.15, -0.1) is 0 Å². The summed E-state index contributed by atoms with van der Waals surface area (Å²) in [5, 5.41) is 0.277. The van der Waals surface area contributed by atoms with E-state index >= 15 is 4.79 Å². The fourth-order valence-corrected chi connectivity index (χ4v) is 8.57. The SMILES string of the molecule is COc1ccc(S(=O)(=O)N2C(=O)C(CC(=O)N3CCCN(c4ccncc4)CC3)(c3ccccc3OC(C)C)c3cc(Cl)ccc32)c(OC)c1. The summed E-state index contributed by atoms with van der Waals surface area (Å²) >= 11 is 6.60. The molecule has 2 amide bonds. The van der Waals surface area contributed by atoms with Crippen LogP contribution in [0.25, 0.3) is 0 Å². The molecule has 0 saturated carbocycles. The number of hydrogen-bond donors (Lipinski definition) is 0. The molecule has 13 heteroatoms. The van der Waals surface area contributed by atoms with E-state index in [0.29, 0.717) is 43.1 Å². The van der Waals surface area contributed by atoms with Crippen molar-refractivity contribution in [3.05, 3.63) is 101 Å². The molecule has 1 fully saturated rings. The Morgan fingerprint density at radius 2 is 1.66 bits per heavy atom. The fourth-order valence-electron chi connectivity index (χ4n) is 6.77. The van der Waals surface area contributed by atoms with Gasteiger partial charge in [-0.1, -0.05) is 29.8 Å². The van der Waals surface area contributed by atoms with Gasteiger partial charge in [0.2, 0.25) is 5.91 Å². The number of nitrogens with zero attached hydrogens (tertiary/aromatic N) is 4. The molecule has 2 aliphatic rings. The summed E-state index contributed by atoms with van der Waals surface area (Å²) in [6.07, 6.45) is 3.52. The van der Waals surface area contributed by atoms with Crippen molar-refractivity contribution in [2.45, 2.75) is 43.1 Å². The first kappa shape index (κ1) is 35.0. The van der Waals surface area contributed by atoms with Gasteiger partial charge in [-0.3, -0.25) is 14.6 Å². The maximum atomic E-state index is 15.3. The molecular weight excluding hydrogens is 680 g/mol. The highest BCUT2D eigenvalue weighted by Crippen LogP contribution is 2.54. The molecule has 0 spiro atoms. The first-order valence-corrected chi connectivity index (χ1v) is 18.1. The van der Waals surface area contributed by atoms with Gasteiger partial charge in [0.1, 0.15) is 27.6 Å². The predicted octanol–water partition coefficient (Wildman–Crippen LogP) is 5.69. The Kier molecular flexibility index (Phi) is 9.95. The Hall–Kier alpha value is -4.81. The number of sulfonamides is 1. The third kappa shape index (κ3) is 6.33. The summed E-state index contributed by atoms with van der Waals surface area (Å²) in [5.74, 6) is -0.403. The van der Waals surface area contributed by atoms with Crippen LogP contribution in [0.1, 0.15) is 37.8 Å². The van der Waals surface area contributed by atoms with E-state index in [1.165, 1.54) is 44.6 Å². The van der Waals surface area contributed by atoms with E-state index in [1.807, 2.05) is 26.0 Å². The summed E-state index contributed by atoms with van der Waals surface area (Å²) in [5.41, 5.74) is -0.0678. The van der Waals surface area contributed by atoms with Gasteiger partial charge >= 0.3 is 0 Å². The Labute approximate surface area is 297 Å². The number of carbonyl (C=O) groups excluding carboxylic acids is 2. The van der Waals surface area contributed by atoms with Gasteiger partial charge in [0, 0.05) is 67.3 Å². The van der Waals surface area contributed by atoms with Crippen molar-refractivity contribution in [1.29, 1.82) is 0 Å². The molecule has 0 N–H and O–H groups in total. The van der Waals surface area contributed by atoms with Crippen LogP contribution in [-0.2, 0) is 25.0 Å². The van der Waals surface area contributed by atoms with Gasteiger partial charge in [0.15, 0.2) is 0 Å². The van der Waals surface area contributed by atoms with Crippen LogP contribution in [0.15, 0.2) is 90.1 Å². The summed E-state index contributed by atoms with van der Waals surface area (Å²) in [6, 6.07) is 19.7. The van der Waals surface area contributed by atoms with E-state index in [4.69, 9.17) is 25.8 Å². The molecule has 2 aliphatic heterocycles. The lowest BCUT2D eigenvalue weighted by Gasteiger charge is -2.33. The Bertz CT molecular complexity index is 2010. The van der Waals surface area contributed by atoms with Crippen LogP contribution in [0.4, 0.5) is 11.4 Å². The number of rotatable bonds is 10. The molecule has 1 atom stereocenters. The average Bonchev–Trinajstić information content (AvgIpc) is 3.24. The zero-order chi connectivity index (χ0) is 35.6. The maximum absolute atomic E-state index is 15.3. The molecule has 0 bridgehead atoms. The molecule has 4 aromatic rings. The zero-order valence-corrected chi connectivity index (χ0v) is 29.9. The second-order valence-corrected chi connectivity index (χ2v) is 14.6. The highest BCUT2D eigenvalue weighted by atomic mass is 35.5. The van der Waals surface area contributed by atoms with Crippen LogP contribution in [0.3, 0.4) is 0 Å². The van der Waals surface area contributed by atoms with Crippen molar-refractivity contribution in [3.63, 3.8) is 0 Å². The second kappa shape index (κ2) is 14.2. The van der Waals surface area contributed by atoms with E-state index in [-0.39, 0.29) is 45.4 Å². The molecule has 3 aromatic carbocycles. The highest BCUT2D eigenvalue weighted by molar-refractivity contribution is 7.93. The number of pyridine rings is 1. The summed E-state index contributed by atoms with van der Waals surface area (Å²) in [7, 11) is -1.82. The molecule has 3 heterocycles. The van der Waals surface area contributed by atoms with Crippen LogP contribution in [-0.4, -0.2) is 76.6 Å². The average molecular weight is 719 g/mol. The van der Waals surface area contributed by atoms with Crippen LogP contribution in [0, 0.1) is 0 Å². The predicted molar refractivity (Wildman–Crippen MR) is 191 cm³/mol. The molecule has 262 valence electrons. The lowest BCUT2D eigenvalue weighted by atomic mass is 9.72. The smallest absolute Gasteiger partial charge is 0.274 e. The quantitative estimate of drug-likeness (QED) is 0.204. The molecule has 0 aliphatic carbocycles. The van der Waals surface area contributed by atoms with Crippen molar-refractivity contribution in [1.82, 2.24) is 9.88 Å². The molecule has 1 saturated heterocycles. The number of halogens is 1. The van der Waals surface area contributed by atoms with Gasteiger partial charge in [-0.2, -0.15) is 0 Å². The highest BCUT2D eigenvalue weighted by Gasteiger charge is 2.58. The number of methoxy groups -OCH3 is 2. The fraction of sp³-hybridized carbons (Fsp3) is 0.324. The number of hydrogen-bond acceptors (Lipinski definition) is 9. The van der Waals surface area contributed by atoms with E-state index in [9.17, 15) is 13.2 Å². The molecule has 1 aromatic heterocycles. The standard InChI is InChI=1S/C37H39ClN4O7S/c1-25(2)49-32-9-6-5-8-29(32)37(24-35(43)41-19-7-18-40(20-21-41)27-14-16-39-17-15-27)30-22-26(38)10-12-31(30)42(36(37)44)50(45,46)34-13-11-28(47-3)23-33(34)48-4/h5-6,8-17,22-23,25H,7,18-21,24H2,1-4H3. The van der Waals surface area contributed by atoms with Crippen LogP contribution in [0.5, 0.6) is 17.2 Å². The molecule has 50 heavy (non-hydrogen) atoms. The minimum atomic E-state index is -4.62. The topological polar surface area (TPSA) is 119 Å². The van der Waals surface area contributed by atoms with Crippen LogP contribution in [0.2, 0.25) is 5.02 Å². The number of anilines is 2. The second-order valence-electron chi connectivity index (χ2n) is 12.4. The molecular formula is C37H39ClN4O7S. The first-order valence-electron chi connectivity index (χ1n) is 16.3. The lowest BCUT2D eigenvalue weighted by Crippen LogP contribution is -2.48. The van der Waals surface area contributed by atoms with Crippen molar-refractivity contribution >= 4 is 44.8 Å². The molecule has 6 rings (SSSR count). The van der Waals surface area contributed by atoms with E-state index in [2.05, 4.69) is 9.88 Å². The summed E-state index contributed by atoms with van der Waals surface area (Å²) in [6.45, 7) is 5.88. The minimum Gasteiger partial charge on any atom is -0.497 e. The van der Waals surface area contributed by atoms with Crippen LogP contribution < -0.4 is 23.4 Å². The number of benzene rings is 3. The minimum absolute atomic E-state index is 0.00639. The largest absolute Gasteiger partial charge is 0.497 e. The van der Waals surface area contributed by atoms with Gasteiger partial charge in [0.25, 0.3) is 15.9 Å². The number of ether oxygens (including phenoxy) is 3. The molecule has 11 nitrogen and oxygen atoms in total. The molecule has 1 unspecified atom stereocenters. The van der Waals surface area contributed by atoms with E-state index < -0.39 is 21.3 Å². The number of amides is 2. The van der Waals surface area contributed by atoms with Gasteiger partial charge in [0.05, 0.1) is 26.0 Å². The third-order valence-electron chi connectivity index (χ3n) is 9.08. The van der Waals surface area contributed by atoms with Crippen molar-refractivity contribution < 1.29 is 32.2 Å². The van der Waals surface area contributed by atoms with Gasteiger partial charge in [-0.05, 0) is 74.4 Å². The monoisotopic (exact) mass is 718 g/mol. The third-order valence-corrected chi connectivity index (χ3v) is 11.0. The lowest BCUT2D eigenvalue weighted by molar-refractivity contribution is -0.135. The summed E-state index contributed by atoms with van der Waals surface area (Å²) in [4.78, 5) is 37.7. The first-order chi connectivity index (χ1) is 24.0. The van der Waals surface area contributed by atoms with Gasteiger partial charge < -0.3 is 24.0 Å². The molecule has 0 radical (unpaired) electrons.